The fourth-order valence-electron chi connectivity index (χ4n) is 1.83. The van der Waals surface area contributed by atoms with Gasteiger partial charge in [-0.2, -0.15) is 0 Å². The molecule has 0 bridgehead atoms. The van der Waals surface area contributed by atoms with Gasteiger partial charge in [0.1, 0.15) is 0 Å². The summed E-state index contributed by atoms with van der Waals surface area (Å²) >= 11 is 0. The molecule has 1 N–H and O–H groups in total. The molecule has 1 atom stereocenters. The number of rotatable bonds is 6. The minimum atomic E-state index is -3.31. The lowest BCUT2D eigenvalue weighted by Crippen LogP contribution is -2.41. The third-order valence-electron chi connectivity index (χ3n) is 2.92. The van der Waals surface area contributed by atoms with Gasteiger partial charge in [-0.05, 0) is 40.0 Å². The van der Waals surface area contributed by atoms with E-state index in [0.717, 1.165) is 11.3 Å². The summed E-state index contributed by atoms with van der Waals surface area (Å²) in [6.45, 7) is 6.45. The van der Waals surface area contributed by atoms with E-state index in [4.69, 9.17) is 0 Å². The molecule has 0 fully saturated rings. The lowest BCUT2D eigenvalue weighted by Gasteiger charge is -2.26. The van der Waals surface area contributed by atoms with Gasteiger partial charge in [-0.15, -0.1) is 0 Å². The maximum Gasteiger partial charge on any atom is 0.239 e. The van der Waals surface area contributed by atoms with Crippen LogP contribution in [-0.4, -0.2) is 33.8 Å². The highest BCUT2D eigenvalue weighted by Crippen LogP contribution is 2.20. The van der Waals surface area contributed by atoms with Gasteiger partial charge < -0.3 is 5.32 Å². The summed E-state index contributed by atoms with van der Waals surface area (Å²) in [5.74, 6) is 0. The Morgan fingerprint density at radius 2 is 1.83 bits per heavy atom. The third kappa shape index (κ3) is 3.23. The molecule has 0 saturated carbocycles. The second-order valence-corrected chi connectivity index (χ2v) is 6.69. The Hall–Kier alpha value is -1.07. The van der Waals surface area contributed by atoms with Gasteiger partial charge in [-0.25, -0.2) is 8.42 Å². The van der Waals surface area contributed by atoms with E-state index in [1.165, 1.54) is 4.31 Å². The number of hydrogen-bond acceptors (Lipinski definition) is 3. The molecule has 0 saturated heterocycles. The molecular weight excluding hydrogens is 248 g/mol. The zero-order chi connectivity index (χ0) is 13.8. The summed E-state index contributed by atoms with van der Waals surface area (Å²) < 4.78 is 26.3. The van der Waals surface area contributed by atoms with Crippen molar-refractivity contribution in [1.82, 2.24) is 5.32 Å². The molecule has 1 aromatic carbocycles. The molecule has 5 heteroatoms. The zero-order valence-corrected chi connectivity index (χ0v) is 12.3. The highest BCUT2D eigenvalue weighted by Gasteiger charge is 2.27. The van der Waals surface area contributed by atoms with E-state index in [9.17, 15) is 8.42 Å². The molecule has 0 radical (unpaired) electrons. The minimum Gasteiger partial charge on any atom is -0.318 e. The first kappa shape index (κ1) is 15.0. The molecule has 0 aliphatic carbocycles. The van der Waals surface area contributed by atoms with Crippen LogP contribution < -0.4 is 9.62 Å². The van der Waals surface area contributed by atoms with Gasteiger partial charge in [-0.3, -0.25) is 4.31 Å². The molecule has 4 nitrogen and oxygen atoms in total. The molecule has 1 aromatic rings. The molecule has 0 heterocycles. The Morgan fingerprint density at radius 1 is 1.28 bits per heavy atom. The largest absolute Gasteiger partial charge is 0.318 e. The lowest BCUT2D eigenvalue weighted by molar-refractivity contribution is 0.574. The third-order valence-corrected chi connectivity index (χ3v) is 5.18. The topological polar surface area (TPSA) is 49.4 Å². The molecule has 0 amide bonds. The molecule has 1 unspecified atom stereocenters. The Morgan fingerprint density at radius 3 is 2.28 bits per heavy atom. The van der Waals surface area contributed by atoms with Crippen molar-refractivity contribution in [1.29, 1.82) is 0 Å². The normalized spacial score (nSPS) is 13.3. The number of anilines is 1. The van der Waals surface area contributed by atoms with Crippen molar-refractivity contribution in [3.8, 4) is 0 Å². The Bertz CT molecular complexity index is 468. The van der Waals surface area contributed by atoms with Crippen molar-refractivity contribution in [3.05, 3.63) is 29.8 Å². The van der Waals surface area contributed by atoms with Crippen LogP contribution in [0.15, 0.2) is 24.3 Å². The molecular formula is C13H22N2O2S. The van der Waals surface area contributed by atoms with Gasteiger partial charge in [0.15, 0.2) is 0 Å². The summed E-state index contributed by atoms with van der Waals surface area (Å²) in [6.07, 6.45) is 0. The predicted octanol–water partition coefficient (Wildman–Crippen LogP) is 1.76. The van der Waals surface area contributed by atoms with E-state index < -0.39 is 15.3 Å². The van der Waals surface area contributed by atoms with Gasteiger partial charge in [0.2, 0.25) is 10.0 Å². The van der Waals surface area contributed by atoms with Crippen LogP contribution in [-0.2, 0) is 10.0 Å². The quantitative estimate of drug-likeness (QED) is 0.857. The number of nitrogens with zero attached hydrogens (tertiary/aromatic N) is 1. The van der Waals surface area contributed by atoms with Gasteiger partial charge in [-0.1, -0.05) is 17.7 Å². The van der Waals surface area contributed by atoms with E-state index in [2.05, 4.69) is 5.32 Å². The van der Waals surface area contributed by atoms with Crippen molar-refractivity contribution in [2.24, 2.45) is 0 Å². The van der Waals surface area contributed by atoms with Gasteiger partial charge >= 0.3 is 0 Å². The summed E-state index contributed by atoms with van der Waals surface area (Å²) in [5, 5.41) is 2.47. The smallest absolute Gasteiger partial charge is 0.239 e. The number of hydrogen-bond donors (Lipinski definition) is 1. The van der Waals surface area contributed by atoms with Crippen LogP contribution in [0.3, 0.4) is 0 Å². The standard InChI is InChI=1S/C13H22N2O2S/c1-5-15(13-8-6-11(2)7-9-13)18(16,17)12(3)10-14-4/h6-9,12,14H,5,10H2,1-4H3. The first-order valence-corrected chi connectivity index (χ1v) is 7.66. The second kappa shape index (κ2) is 6.20. The number of nitrogens with one attached hydrogen (secondary N) is 1. The average molecular weight is 270 g/mol. The summed E-state index contributed by atoms with van der Waals surface area (Å²) in [4.78, 5) is 0. The number of benzene rings is 1. The number of aryl methyl sites for hydroxylation is 1. The van der Waals surface area contributed by atoms with Crippen LogP contribution in [0, 0.1) is 6.92 Å². The van der Waals surface area contributed by atoms with E-state index in [-0.39, 0.29) is 0 Å². The SMILES string of the molecule is CCN(c1ccc(C)cc1)S(=O)(=O)C(C)CNC. The summed E-state index contributed by atoms with van der Waals surface area (Å²) in [7, 11) is -1.55. The fourth-order valence-corrected chi connectivity index (χ4v) is 3.42. The molecule has 1 rings (SSSR count). The van der Waals surface area contributed by atoms with Crippen molar-refractivity contribution in [2.75, 3.05) is 24.4 Å². The molecule has 18 heavy (non-hydrogen) atoms. The van der Waals surface area contributed by atoms with Crippen LogP contribution in [0.4, 0.5) is 5.69 Å². The minimum absolute atomic E-state index is 0.441. The summed E-state index contributed by atoms with van der Waals surface area (Å²) in [5.41, 5.74) is 1.85. The van der Waals surface area contributed by atoms with E-state index in [1.807, 2.05) is 38.1 Å². The second-order valence-electron chi connectivity index (χ2n) is 4.41. The average Bonchev–Trinajstić information content (AvgIpc) is 2.32. The molecule has 0 aliphatic rings. The predicted molar refractivity (Wildman–Crippen MR) is 76.5 cm³/mol. The maximum atomic E-state index is 12.4. The van der Waals surface area contributed by atoms with Crippen LogP contribution >= 0.6 is 0 Å². The highest BCUT2D eigenvalue weighted by molar-refractivity contribution is 7.93. The zero-order valence-electron chi connectivity index (χ0n) is 11.5. The Kier molecular flexibility index (Phi) is 5.16. The summed E-state index contributed by atoms with van der Waals surface area (Å²) in [6, 6.07) is 7.55. The van der Waals surface area contributed by atoms with Crippen LogP contribution in [0.2, 0.25) is 0 Å². The lowest BCUT2D eigenvalue weighted by atomic mass is 10.2. The van der Waals surface area contributed by atoms with Crippen molar-refractivity contribution >= 4 is 15.7 Å². The van der Waals surface area contributed by atoms with Crippen molar-refractivity contribution in [3.63, 3.8) is 0 Å². The van der Waals surface area contributed by atoms with Gasteiger partial charge in [0.05, 0.1) is 10.9 Å². The van der Waals surface area contributed by atoms with Crippen molar-refractivity contribution in [2.45, 2.75) is 26.0 Å². The van der Waals surface area contributed by atoms with Crippen molar-refractivity contribution < 1.29 is 8.42 Å². The number of sulfonamides is 1. The molecule has 0 aromatic heterocycles. The molecule has 0 aliphatic heterocycles. The van der Waals surface area contributed by atoms with Crippen LogP contribution in [0.5, 0.6) is 0 Å². The van der Waals surface area contributed by atoms with Crippen LogP contribution in [0.25, 0.3) is 0 Å². The van der Waals surface area contributed by atoms with Gasteiger partial charge in [0.25, 0.3) is 0 Å². The van der Waals surface area contributed by atoms with E-state index >= 15 is 0 Å². The maximum absolute atomic E-state index is 12.4. The Labute approximate surface area is 110 Å². The van der Waals surface area contributed by atoms with Crippen LogP contribution in [0.1, 0.15) is 19.4 Å². The Balaban J connectivity index is 3.06. The molecule has 0 spiro atoms. The molecule has 102 valence electrons. The fraction of sp³-hybridized carbons (Fsp3) is 0.538. The first-order chi connectivity index (χ1) is 8.43. The first-order valence-electron chi connectivity index (χ1n) is 6.16. The van der Waals surface area contributed by atoms with Gasteiger partial charge in [0, 0.05) is 13.1 Å². The monoisotopic (exact) mass is 270 g/mol. The highest BCUT2D eigenvalue weighted by atomic mass is 32.2. The van der Waals surface area contributed by atoms with E-state index in [1.54, 1.807) is 14.0 Å². The van der Waals surface area contributed by atoms with E-state index in [0.29, 0.717) is 13.1 Å².